The zero-order valence-electron chi connectivity index (χ0n) is 13.3. The minimum atomic E-state index is -0.232. The van der Waals surface area contributed by atoms with Crippen LogP contribution in [0.3, 0.4) is 0 Å². The molecule has 0 aliphatic rings. The molecule has 0 fully saturated rings. The summed E-state index contributed by atoms with van der Waals surface area (Å²) in [5.74, 6) is 0. The average molecular weight is 333 g/mol. The summed E-state index contributed by atoms with van der Waals surface area (Å²) in [6.45, 7) is 2.35. The molecule has 1 heterocycles. The van der Waals surface area contributed by atoms with Gasteiger partial charge in [0.2, 0.25) is 0 Å². The second-order valence-corrected chi connectivity index (χ2v) is 6.40. The molecule has 0 spiro atoms. The summed E-state index contributed by atoms with van der Waals surface area (Å²) in [6.07, 6.45) is 2.43. The number of aliphatic hydroxyl groups is 1. The van der Waals surface area contributed by atoms with Crippen LogP contribution in [0.2, 0.25) is 0 Å². The molecule has 23 heavy (non-hydrogen) atoms. The fourth-order valence-electron chi connectivity index (χ4n) is 2.15. The number of nitrogens with zero attached hydrogens (tertiary/aromatic N) is 1. The summed E-state index contributed by atoms with van der Waals surface area (Å²) < 4.78 is 0. The van der Waals surface area contributed by atoms with Gasteiger partial charge in [0.05, 0.1) is 17.2 Å². The average Bonchev–Trinajstić information content (AvgIpc) is 3.00. The van der Waals surface area contributed by atoms with Gasteiger partial charge in [-0.2, -0.15) is 0 Å². The minimum Gasteiger partial charge on any atom is -0.396 e. The van der Waals surface area contributed by atoms with E-state index < -0.39 is 0 Å². The van der Waals surface area contributed by atoms with Gasteiger partial charge in [0.25, 0.3) is 0 Å². The van der Waals surface area contributed by atoms with Crippen molar-refractivity contribution in [2.75, 3.05) is 6.61 Å². The van der Waals surface area contributed by atoms with E-state index in [4.69, 9.17) is 5.11 Å². The first-order valence-electron chi connectivity index (χ1n) is 7.80. The van der Waals surface area contributed by atoms with Crippen molar-refractivity contribution in [2.45, 2.75) is 38.8 Å². The zero-order chi connectivity index (χ0) is 16.5. The molecule has 1 aromatic carbocycles. The van der Waals surface area contributed by atoms with E-state index in [1.807, 2.05) is 30.5 Å². The summed E-state index contributed by atoms with van der Waals surface area (Å²) in [5.41, 5.74) is 2.18. The summed E-state index contributed by atoms with van der Waals surface area (Å²) in [7, 11) is 0. The van der Waals surface area contributed by atoms with Gasteiger partial charge in [0, 0.05) is 24.4 Å². The van der Waals surface area contributed by atoms with Crippen LogP contribution in [0.5, 0.6) is 0 Å². The topological polar surface area (TPSA) is 74.2 Å². The third kappa shape index (κ3) is 6.38. The van der Waals surface area contributed by atoms with E-state index in [0.717, 1.165) is 23.5 Å². The van der Waals surface area contributed by atoms with E-state index in [-0.39, 0.29) is 18.7 Å². The molecule has 2 amide bonds. The monoisotopic (exact) mass is 333 g/mol. The Morgan fingerprint density at radius 2 is 2.09 bits per heavy atom. The molecule has 0 radical (unpaired) electrons. The van der Waals surface area contributed by atoms with Gasteiger partial charge >= 0.3 is 6.03 Å². The first-order chi connectivity index (χ1) is 11.2. The van der Waals surface area contributed by atoms with Gasteiger partial charge < -0.3 is 15.7 Å². The molecule has 2 aromatic rings. The number of aromatic nitrogens is 1. The van der Waals surface area contributed by atoms with E-state index in [9.17, 15) is 4.79 Å². The molecule has 0 aliphatic carbocycles. The molecule has 124 valence electrons. The number of benzene rings is 1. The Balaban J connectivity index is 1.73. The Bertz CT molecular complexity index is 601. The number of aryl methyl sites for hydroxylation is 2. The van der Waals surface area contributed by atoms with E-state index in [1.165, 1.54) is 5.56 Å². The molecule has 0 saturated carbocycles. The maximum Gasteiger partial charge on any atom is 0.315 e. The summed E-state index contributed by atoms with van der Waals surface area (Å²) in [4.78, 5) is 16.2. The molecule has 3 N–H and O–H groups in total. The van der Waals surface area contributed by atoms with Crippen molar-refractivity contribution in [3.63, 3.8) is 0 Å². The van der Waals surface area contributed by atoms with Gasteiger partial charge in [-0.3, -0.25) is 0 Å². The Morgan fingerprint density at radius 1 is 1.30 bits per heavy atom. The molecule has 5 nitrogen and oxygen atoms in total. The summed E-state index contributed by atoms with van der Waals surface area (Å²) in [5, 5.41) is 17.4. The van der Waals surface area contributed by atoms with Crippen LogP contribution in [0.15, 0.2) is 35.7 Å². The molecule has 0 aliphatic heterocycles. The Kier molecular flexibility index (Phi) is 7.03. The highest BCUT2D eigenvalue weighted by Crippen LogP contribution is 2.13. The van der Waals surface area contributed by atoms with Crippen molar-refractivity contribution in [1.82, 2.24) is 15.6 Å². The summed E-state index contributed by atoms with van der Waals surface area (Å²) in [6, 6.07) is 10.1. The fraction of sp³-hybridized carbons (Fsp3) is 0.412. The van der Waals surface area contributed by atoms with Crippen LogP contribution < -0.4 is 10.6 Å². The van der Waals surface area contributed by atoms with Gasteiger partial charge in [-0.25, -0.2) is 9.78 Å². The van der Waals surface area contributed by atoms with Crippen molar-refractivity contribution in [2.24, 2.45) is 0 Å². The van der Waals surface area contributed by atoms with Gasteiger partial charge in [-0.05, 0) is 25.3 Å². The number of carbonyl (C=O) groups excluding carboxylic acids is 1. The first-order valence-corrected chi connectivity index (χ1v) is 8.67. The number of urea groups is 1. The molecule has 0 bridgehead atoms. The van der Waals surface area contributed by atoms with Gasteiger partial charge in [0.1, 0.15) is 0 Å². The Morgan fingerprint density at radius 3 is 2.83 bits per heavy atom. The molecule has 2 rings (SSSR count). The molecule has 6 heteroatoms. The number of hydrogen-bond donors (Lipinski definition) is 3. The summed E-state index contributed by atoms with van der Waals surface area (Å²) >= 11 is 1.63. The normalized spacial score (nSPS) is 11.9. The molecular weight excluding hydrogens is 310 g/mol. The number of aliphatic hydroxyl groups excluding tert-OH is 1. The third-order valence-corrected chi connectivity index (χ3v) is 4.40. The van der Waals surface area contributed by atoms with Crippen LogP contribution in [0, 0.1) is 0 Å². The zero-order valence-corrected chi connectivity index (χ0v) is 14.1. The maximum atomic E-state index is 11.7. The van der Waals surface area contributed by atoms with Crippen LogP contribution in [0.4, 0.5) is 4.79 Å². The van der Waals surface area contributed by atoms with Crippen molar-refractivity contribution in [3.05, 3.63) is 52.0 Å². The molecular formula is C17H23N3O2S. The van der Waals surface area contributed by atoms with Gasteiger partial charge in [0.15, 0.2) is 0 Å². The largest absolute Gasteiger partial charge is 0.396 e. The minimum absolute atomic E-state index is 0.0446. The number of nitrogens with one attached hydrogen (secondary N) is 2. The molecule has 1 aromatic heterocycles. The molecule has 0 unspecified atom stereocenters. The highest BCUT2D eigenvalue weighted by atomic mass is 32.1. The number of thiazole rings is 1. The lowest BCUT2D eigenvalue weighted by Gasteiger charge is -2.12. The van der Waals surface area contributed by atoms with Crippen molar-refractivity contribution in [3.8, 4) is 0 Å². The lowest BCUT2D eigenvalue weighted by atomic mass is 10.1. The van der Waals surface area contributed by atoms with Crippen LogP contribution in [0.1, 0.15) is 29.6 Å². The SMILES string of the molecule is C[C@H](CCO)NC(=O)NCc1csc(CCc2ccccc2)n1. The van der Waals surface area contributed by atoms with E-state index >= 15 is 0 Å². The predicted molar refractivity (Wildman–Crippen MR) is 92.5 cm³/mol. The standard InChI is InChI=1S/C17H23N3O2S/c1-13(9-10-21)19-17(22)18-11-15-12-23-16(20-15)8-7-14-5-3-2-4-6-14/h2-6,12-13,21H,7-11H2,1H3,(H2,18,19,22)/t13-/m1/s1. The number of carbonyl (C=O) groups is 1. The quantitative estimate of drug-likeness (QED) is 0.695. The Hall–Kier alpha value is -1.92. The Labute approximate surface area is 140 Å². The van der Waals surface area contributed by atoms with E-state index in [1.54, 1.807) is 11.3 Å². The van der Waals surface area contributed by atoms with E-state index in [2.05, 4.69) is 27.8 Å². The fourth-order valence-corrected chi connectivity index (χ4v) is 2.95. The van der Waals surface area contributed by atoms with Crippen molar-refractivity contribution < 1.29 is 9.90 Å². The van der Waals surface area contributed by atoms with Crippen molar-refractivity contribution in [1.29, 1.82) is 0 Å². The van der Waals surface area contributed by atoms with E-state index in [0.29, 0.717) is 13.0 Å². The van der Waals surface area contributed by atoms with Crippen LogP contribution in [-0.2, 0) is 19.4 Å². The van der Waals surface area contributed by atoms with Crippen LogP contribution in [-0.4, -0.2) is 28.8 Å². The van der Waals surface area contributed by atoms with Crippen LogP contribution >= 0.6 is 11.3 Å². The van der Waals surface area contributed by atoms with Gasteiger partial charge in [-0.1, -0.05) is 30.3 Å². The lowest BCUT2D eigenvalue weighted by Crippen LogP contribution is -2.40. The molecule has 1 atom stereocenters. The smallest absolute Gasteiger partial charge is 0.315 e. The van der Waals surface area contributed by atoms with Crippen LogP contribution in [0.25, 0.3) is 0 Å². The predicted octanol–water partition coefficient (Wildman–Crippen LogP) is 2.50. The number of hydrogen-bond acceptors (Lipinski definition) is 4. The maximum absolute atomic E-state index is 11.7. The second-order valence-electron chi connectivity index (χ2n) is 5.46. The molecule has 0 saturated heterocycles. The second kappa shape index (κ2) is 9.27. The number of amides is 2. The first kappa shape index (κ1) is 17.4. The van der Waals surface area contributed by atoms with Gasteiger partial charge in [-0.15, -0.1) is 11.3 Å². The third-order valence-electron chi connectivity index (χ3n) is 3.44. The number of rotatable bonds is 8. The highest BCUT2D eigenvalue weighted by molar-refractivity contribution is 7.09. The van der Waals surface area contributed by atoms with Crippen molar-refractivity contribution >= 4 is 17.4 Å². The lowest BCUT2D eigenvalue weighted by molar-refractivity contribution is 0.230. The highest BCUT2D eigenvalue weighted by Gasteiger charge is 2.08.